The van der Waals surface area contributed by atoms with Crippen LogP contribution in [0.2, 0.25) is 0 Å². The van der Waals surface area contributed by atoms with Gasteiger partial charge in [-0.2, -0.15) is 0 Å². The molecule has 0 fully saturated rings. The Bertz CT molecular complexity index is 423. The van der Waals surface area contributed by atoms with Crippen LogP contribution in [0.5, 0.6) is 5.75 Å². The van der Waals surface area contributed by atoms with Crippen molar-refractivity contribution >= 4 is 17.4 Å². The first-order valence-electron chi connectivity index (χ1n) is 6.36. The van der Waals surface area contributed by atoms with Crippen molar-refractivity contribution in [1.82, 2.24) is 5.32 Å². The number of hydrogen-bond acceptors (Lipinski definition) is 4. The van der Waals surface area contributed by atoms with Crippen molar-refractivity contribution < 1.29 is 4.74 Å². The molecule has 0 radical (unpaired) electrons. The maximum atomic E-state index is 5.52. The number of nitrogens with zero attached hydrogens (tertiary/aromatic N) is 1. The van der Waals surface area contributed by atoms with Crippen LogP contribution in [-0.2, 0) is 0 Å². The van der Waals surface area contributed by atoms with Crippen LogP contribution in [0.3, 0.4) is 0 Å². The van der Waals surface area contributed by atoms with E-state index in [2.05, 4.69) is 36.3 Å². The van der Waals surface area contributed by atoms with Gasteiger partial charge in [-0.15, -0.1) is 11.8 Å². The Hall–Kier alpha value is -0.870. The summed E-state index contributed by atoms with van der Waals surface area (Å²) in [5.74, 6) is 2.14. The molecule has 0 aromatic heterocycles. The third kappa shape index (κ3) is 2.45. The van der Waals surface area contributed by atoms with Crippen molar-refractivity contribution in [2.24, 2.45) is 0 Å². The van der Waals surface area contributed by atoms with Crippen molar-refractivity contribution in [2.75, 3.05) is 38.4 Å². The van der Waals surface area contributed by atoms with Gasteiger partial charge in [0.2, 0.25) is 0 Å². The van der Waals surface area contributed by atoms with Crippen LogP contribution in [0, 0.1) is 6.92 Å². The van der Waals surface area contributed by atoms with Crippen molar-refractivity contribution in [3.63, 3.8) is 0 Å². The Labute approximate surface area is 114 Å². The number of anilines is 1. The molecule has 0 spiro atoms. The molecular weight excluding hydrogens is 244 g/mol. The predicted molar refractivity (Wildman–Crippen MR) is 79.2 cm³/mol. The largest absolute Gasteiger partial charge is 0.495 e. The number of ether oxygens (including phenoxy) is 1. The van der Waals surface area contributed by atoms with Crippen LogP contribution in [-0.4, -0.2) is 39.5 Å². The predicted octanol–water partition coefficient (Wildman–Crippen LogP) is 2.52. The highest BCUT2D eigenvalue weighted by Crippen LogP contribution is 2.45. The smallest absolute Gasteiger partial charge is 0.143 e. The highest BCUT2D eigenvalue weighted by molar-refractivity contribution is 7.99. The molecule has 1 aromatic rings. The molecule has 1 aliphatic heterocycles. The molecule has 1 heterocycles. The lowest BCUT2D eigenvalue weighted by Gasteiger charge is -2.37. The second kappa shape index (κ2) is 5.85. The Morgan fingerprint density at radius 1 is 1.50 bits per heavy atom. The summed E-state index contributed by atoms with van der Waals surface area (Å²) in [5.41, 5.74) is 2.60. The van der Waals surface area contributed by atoms with Gasteiger partial charge in [0.15, 0.2) is 0 Å². The first-order chi connectivity index (χ1) is 8.69. The van der Waals surface area contributed by atoms with E-state index in [1.54, 1.807) is 7.11 Å². The van der Waals surface area contributed by atoms with E-state index >= 15 is 0 Å². The van der Waals surface area contributed by atoms with E-state index in [1.165, 1.54) is 16.1 Å². The monoisotopic (exact) mass is 266 g/mol. The van der Waals surface area contributed by atoms with Crippen LogP contribution in [0.15, 0.2) is 17.0 Å². The van der Waals surface area contributed by atoms with Crippen LogP contribution in [0.1, 0.15) is 12.0 Å². The summed E-state index contributed by atoms with van der Waals surface area (Å²) in [6.45, 7) is 3.23. The fraction of sp³-hybridized carbons (Fsp3) is 0.571. The lowest BCUT2D eigenvalue weighted by atomic mass is 10.1. The van der Waals surface area contributed by atoms with Crippen LogP contribution in [0.4, 0.5) is 5.69 Å². The van der Waals surface area contributed by atoms with Gasteiger partial charge in [0.05, 0.1) is 12.8 Å². The maximum absolute atomic E-state index is 5.52. The number of thioether (sulfide) groups is 1. The molecule has 1 unspecified atom stereocenters. The lowest BCUT2D eigenvalue weighted by molar-refractivity contribution is 0.411. The fourth-order valence-electron chi connectivity index (χ4n) is 2.40. The zero-order chi connectivity index (χ0) is 13.1. The summed E-state index contributed by atoms with van der Waals surface area (Å²) in [5, 5.41) is 3.23. The van der Waals surface area contributed by atoms with E-state index in [1.807, 2.05) is 18.8 Å². The quantitative estimate of drug-likeness (QED) is 0.905. The molecular formula is C14H22N2OS. The number of hydrogen-bond donors (Lipinski definition) is 1. The third-order valence-electron chi connectivity index (χ3n) is 3.56. The van der Waals surface area contributed by atoms with Crippen molar-refractivity contribution in [3.8, 4) is 5.75 Å². The molecule has 3 nitrogen and oxygen atoms in total. The van der Waals surface area contributed by atoms with E-state index in [-0.39, 0.29) is 0 Å². The van der Waals surface area contributed by atoms with Gasteiger partial charge in [-0.05, 0) is 38.6 Å². The molecule has 0 saturated heterocycles. The summed E-state index contributed by atoms with van der Waals surface area (Å²) in [7, 11) is 5.94. The Morgan fingerprint density at radius 3 is 2.94 bits per heavy atom. The minimum Gasteiger partial charge on any atom is -0.495 e. The molecule has 2 rings (SSSR count). The Morgan fingerprint density at radius 2 is 2.28 bits per heavy atom. The fourth-order valence-corrected chi connectivity index (χ4v) is 3.82. The molecule has 1 N–H and O–H groups in total. The van der Waals surface area contributed by atoms with Gasteiger partial charge >= 0.3 is 0 Å². The normalized spacial score (nSPS) is 18.7. The number of aryl methyl sites for hydroxylation is 1. The zero-order valence-corrected chi connectivity index (χ0v) is 12.4. The van der Waals surface area contributed by atoms with Gasteiger partial charge < -0.3 is 15.0 Å². The second-order valence-corrected chi connectivity index (χ2v) is 5.76. The van der Waals surface area contributed by atoms with Crippen molar-refractivity contribution in [3.05, 3.63) is 17.7 Å². The van der Waals surface area contributed by atoms with Gasteiger partial charge in [-0.3, -0.25) is 0 Å². The van der Waals surface area contributed by atoms with Gasteiger partial charge in [-0.25, -0.2) is 0 Å². The number of methoxy groups -OCH3 is 1. The zero-order valence-electron chi connectivity index (χ0n) is 11.6. The van der Waals surface area contributed by atoms with Gasteiger partial charge in [0.25, 0.3) is 0 Å². The molecule has 0 saturated carbocycles. The van der Waals surface area contributed by atoms with E-state index < -0.39 is 0 Å². The number of benzene rings is 1. The maximum Gasteiger partial charge on any atom is 0.143 e. The molecule has 0 bridgehead atoms. The second-order valence-electron chi connectivity index (χ2n) is 4.73. The van der Waals surface area contributed by atoms with Gasteiger partial charge in [0.1, 0.15) is 5.75 Å². The first-order valence-corrected chi connectivity index (χ1v) is 7.35. The number of fused-ring (bicyclic) bond motifs is 1. The molecule has 1 aromatic carbocycles. The van der Waals surface area contributed by atoms with Crippen LogP contribution >= 0.6 is 11.8 Å². The molecule has 100 valence electrons. The molecule has 4 heteroatoms. The molecule has 1 aliphatic rings. The standard InChI is InChI=1S/C14H22N2OS/c1-10-5-6-12(17-4)13-14(10)18-9-11(16(13)3)7-8-15-2/h5-6,11,15H,7-9H2,1-4H3. The van der Waals surface area contributed by atoms with E-state index in [9.17, 15) is 0 Å². The van der Waals surface area contributed by atoms with Crippen LogP contribution < -0.4 is 15.0 Å². The average molecular weight is 266 g/mol. The van der Waals surface area contributed by atoms with Crippen LogP contribution in [0.25, 0.3) is 0 Å². The summed E-state index contributed by atoms with van der Waals surface area (Å²) in [4.78, 5) is 3.76. The minimum absolute atomic E-state index is 0.575. The topological polar surface area (TPSA) is 24.5 Å². The molecule has 0 amide bonds. The summed E-state index contributed by atoms with van der Waals surface area (Å²) < 4.78 is 5.52. The SMILES string of the molecule is CNCCC1CSc2c(C)ccc(OC)c2N1C. The number of nitrogens with one attached hydrogen (secondary N) is 1. The van der Waals surface area contributed by atoms with E-state index in [4.69, 9.17) is 4.74 Å². The third-order valence-corrected chi connectivity index (χ3v) is 4.91. The highest BCUT2D eigenvalue weighted by Gasteiger charge is 2.27. The van der Waals surface area contributed by atoms with E-state index in [0.29, 0.717) is 6.04 Å². The Kier molecular flexibility index (Phi) is 4.40. The molecule has 0 aliphatic carbocycles. The molecule has 1 atom stereocenters. The summed E-state index contributed by atoms with van der Waals surface area (Å²) >= 11 is 1.96. The summed E-state index contributed by atoms with van der Waals surface area (Å²) in [6.07, 6.45) is 1.16. The van der Waals surface area contributed by atoms with E-state index in [0.717, 1.165) is 24.5 Å². The lowest BCUT2D eigenvalue weighted by Crippen LogP contribution is -2.39. The van der Waals surface area contributed by atoms with Gasteiger partial charge in [-0.1, -0.05) is 6.07 Å². The molecule has 18 heavy (non-hydrogen) atoms. The van der Waals surface area contributed by atoms with Crippen molar-refractivity contribution in [2.45, 2.75) is 24.3 Å². The van der Waals surface area contributed by atoms with Gasteiger partial charge in [0, 0.05) is 23.7 Å². The summed E-state index contributed by atoms with van der Waals surface area (Å²) in [6, 6.07) is 4.80. The Balaban J connectivity index is 2.32. The van der Waals surface area contributed by atoms with Crippen molar-refractivity contribution in [1.29, 1.82) is 0 Å². The first kappa shape index (κ1) is 13.6. The highest BCUT2D eigenvalue weighted by atomic mass is 32.2. The minimum atomic E-state index is 0.575. The number of rotatable bonds is 4. The average Bonchev–Trinajstić information content (AvgIpc) is 2.39.